The summed E-state index contributed by atoms with van der Waals surface area (Å²) in [5, 5.41) is 0. The van der Waals surface area contributed by atoms with Crippen LogP contribution in [-0.4, -0.2) is 18.8 Å². The van der Waals surface area contributed by atoms with Gasteiger partial charge in [-0.2, -0.15) is 0 Å². The van der Waals surface area contributed by atoms with Gasteiger partial charge in [0.05, 0.1) is 12.5 Å². The molecule has 0 unspecified atom stereocenters. The van der Waals surface area contributed by atoms with Crippen molar-refractivity contribution in [1.82, 2.24) is 0 Å². The average Bonchev–Trinajstić information content (AvgIpc) is 1.89. The minimum absolute atomic E-state index is 0.775. The fourth-order valence-electron chi connectivity index (χ4n) is 0.369. The van der Waals surface area contributed by atoms with Crippen LogP contribution in [-0.2, 0) is 4.74 Å². The highest BCUT2D eigenvalue weighted by molar-refractivity contribution is 7.98. The van der Waals surface area contributed by atoms with Gasteiger partial charge < -0.3 is 4.74 Å². The Morgan fingerprint density at radius 1 is 1.67 bits per heavy atom. The van der Waals surface area contributed by atoms with Crippen molar-refractivity contribution in [3.05, 3.63) is 11.6 Å². The van der Waals surface area contributed by atoms with E-state index in [9.17, 15) is 0 Å². The van der Waals surface area contributed by atoms with Gasteiger partial charge in [-0.05, 0) is 20.1 Å². The molecule has 0 aliphatic rings. The Labute approximate surface area is 61.5 Å². The Morgan fingerprint density at radius 2 is 2.33 bits per heavy atom. The van der Waals surface area contributed by atoms with Crippen LogP contribution in [0.15, 0.2) is 11.6 Å². The Kier molecular flexibility index (Phi) is 6.21. The third-order valence-corrected chi connectivity index (χ3v) is 1.43. The SMILES string of the molecule is C/C=C(\C)COCSC. The van der Waals surface area contributed by atoms with Crippen molar-refractivity contribution in [2.45, 2.75) is 13.8 Å². The lowest BCUT2D eigenvalue weighted by Gasteiger charge is -1.99. The molecule has 0 N–H and O–H groups in total. The van der Waals surface area contributed by atoms with Gasteiger partial charge in [0.15, 0.2) is 0 Å². The fourth-order valence-corrected chi connectivity index (χ4v) is 0.619. The molecule has 0 aliphatic heterocycles. The van der Waals surface area contributed by atoms with Gasteiger partial charge in [-0.15, -0.1) is 11.8 Å². The lowest BCUT2D eigenvalue weighted by atomic mass is 10.3. The molecule has 0 aliphatic carbocycles. The van der Waals surface area contributed by atoms with Gasteiger partial charge in [-0.1, -0.05) is 11.6 Å². The topological polar surface area (TPSA) is 9.23 Å². The standard InChI is InChI=1S/C7H14OS/c1-4-7(2)5-8-6-9-3/h4H,5-6H2,1-3H3/b7-4+. The van der Waals surface area contributed by atoms with Crippen LogP contribution in [0, 0.1) is 0 Å². The summed E-state index contributed by atoms with van der Waals surface area (Å²) in [6, 6.07) is 0. The molecule has 0 saturated carbocycles. The second-order valence-corrected chi connectivity index (χ2v) is 2.70. The predicted molar refractivity (Wildman–Crippen MR) is 43.8 cm³/mol. The summed E-state index contributed by atoms with van der Waals surface area (Å²) < 4.78 is 5.23. The van der Waals surface area contributed by atoms with Crippen molar-refractivity contribution in [3.63, 3.8) is 0 Å². The van der Waals surface area contributed by atoms with E-state index in [4.69, 9.17) is 4.74 Å². The average molecular weight is 146 g/mol. The molecule has 0 fully saturated rings. The highest BCUT2D eigenvalue weighted by atomic mass is 32.2. The first-order chi connectivity index (χ1) is 4.31. The molecule has 0 heterocycles. The molecule has 0 radical (unpaired) electrons. The van der Waals surface area contributed by atoms with Crippen molar-refractivity contribution in [2.24, 2.45) is 0 Å². The van der Waals surface area contributed by atoms with Gasteiger partial charge in [-0.3, -0.25) is 0 Å². The van der Waals surface area contributed by atoms with E-state index in [0.29, 0.717) is 0 Å². The normalized spacial score (nSPS) is 12.1. The fraction of sp³-hybridized carbons (Fsp3) is 0.714. The van der Waals surface area contributed by atoms with E-state index < -0.39 is 0 Å². The second-order valence-electron chi connectivity index (χ2n) is 1.89. The Morgan fingerprint density at radius 3 is 2.78 bits per heavy atom. The van der Waals surface area contributed by atoms with Crippen LogP contribution in [0.1, 0.15) is 13.8 Å². The highest BCUT2D eigenvalue weighted by Crippen LogP contribution is 1.96. The number of hydrogen-bond acceptors (Lipinski definition) is 2. The van der Waals surface area contributed by atoms with Crippen molar-refractivity contribution < 1.29 is 4.74 Å². The molecule has 0 spiro atoms. The number of hydrogen-bond donors (Lipinski definition) is 0. The maximum atomic E-state index is 5.23. The van der Waals surface area contributed by atoms with Gasteiger partial charge in [0.1, 0.15) is 0 Å². The molecule has 0 rings (SSSR count). The lowest BCUT2D eigenvalue weighted by Crippen LogP contribution is -1.93. The largest absolute Gasteiger partial charge is 0.367 e. The van der Waals surface area contributed by atoms with E-state index in [-0.39, 0.29) is 0 Å². The van der Waals surface area contributed by atoms with Crippen LogP contribution in [0.4, 0.5) is 0 Å². The Balaban J connectivity index is 3.07. The lowest BCUT2D eigenvalue weighted by molar-refractivity contribution is 0.209. The molecule has 0 amide bonds. The molecule has 2 heteroatoms. The van der Waals surface area contributed by atoms with Gasteiger partial charge in [0, 0.05) is 0 Å². The molecule has 1 nitrogen and oxygen atoms in total. The number of thioether (sulfide) groups is 1. The Hall–Kier alpha value is 0.0500. The minimum Gasteiger partial charge on any atom is -0.367 e. The number of allylic oxidation sites excluding steroid dienone is 1. The molecule has 0 aromatic carbocycles. The summed E-state index contributed by atoms with van der Waals surface area (Å²) in [7, 11) is 0. The van der Waals surface area contributed by atoms with E-state index >= 15 is 0 Å². The Bertz CT molecular complexity index is 88.9. The van der Waals surface area contributed by atoms with Crippen LogP contribution in [0.3, 0.4) is 0 Å². The molecular weight excluding hydrogens is 132 g/mol. The third-order valence-electron chi connectivity index (χ3n) is 1.02. The summed E-state index contributed by atoms with van der Waals surface area (Å²) in [6.45, 7) is 4.87. The van der Waals surface area contributed by atoms with Gasteiger partial charge in [0.2, 0.25) is 0 Å². The van der Waals surface area contributed by atoms with Crippen LogP contribution >= 0.6 is 11.8 Å². The monoisotopic (exact) mass is 146 g/mol. The number of ether oxygens (including phenoxy) is 1. The molecule has 0 aromatic heterocycles. The van der Waals surface area contributed by atoms with Gasteiger partial charge in [-0.25, -0.2) is 0 Å². The van der Waals surface area contributed by atoms with Crippen molar-refractivity contribution in [2.75, 3.05) is 18.8 Å². The third kappa shape index (κ3) is 5.93. The van der Waals surface area contributed by atoms with Crippen molar-refractivity contribution in [3.8, 4) is 0 Å². The molecule has 0 bridgehead atoms. The molecule has 0 aromatic rings. The van der Waals surface area contributed by atoms with Crippen LogP contribution in [0.2, 0.25) is 0 Å². The minimum atomic E-state index is 0.775. The van der Waals surface area contributed by atoms with E-state index in [2.05, 4.69) is 13.0 Å². The van der Waals surface area contributed by atoms with Crippen molar-refractivity contribution in [1.29, 1.82) is 0 Å². The second kappa shape index (κ2) is 6.17. The first-order valence-electron chi connectivity index (χ1n) is 2.99. The molecule has 54 valence electrons. The van der Waals surface area contributed by atoms with E-state index in [1.54, 1.807) is 11.8 Å². The maximum Gasteiger partial charge on any atom is 0.0922 e. The van der Waals surface area contributed by atoms with E-state index in [1.807, 2.05) is 13.2 Å². The molecular formula is C7H14OS. The van der Waals surface area contributed by atoms with Crippen LogP contribution in [0.25, 0.3) is 0 Å². The zero-order valence-corrected chi connectivity index (χ0v) is 7.12. The van der Waals surface area contributed by atoms with Gasteiger partial charge >= 0.3 is 0 Å². The summed E-state index contributed by atoms with van der Waals surface area (Å²) >= 11 is 1.70. The zero-order valence-electron chi connectivity index (χ0n) is 6.31. The van der Waals surface area contributed by atoms with Crippen LogP contribution in [0.5, 0.6) is 0 Å². The smallest absolute Gasteiger partial charge is 0.0922 e. The maximum absolute atomic E-state index is 5.23. The van der Waals surface area contributed by atoms with Crippen molar-refractivity contribution >= 4 is 11.8 Å². The molecule has 0 saturated heterocycles. The quantitative estimate of drug-likeness (QED) is 0.342. The summed E-state index contributed by atoms with van der Waals surface area (Å²) in [6.07, 6.45) is 4.10. The summed E-state index contributed by atoms with van der Waals surface area (Å²) in [5.74, 6) is 0.797. The zero-order chi connectivity index (χ0) is 7.11. The molecule has 9 heavy (non-hydrogen) atoms. The van der Waals surface area contributed by atoms with Crippen LogP contribution < -0.4 is 0 Å². The number of rotatable bonds is 4. The molecule has 0 atom stereocenters. The first-order valence-corrected chi connectivity index (χ1v) is 4.39. The van der Waals surface area contributed by atoms with Gasteiger partial charge in [0.25, 0.3) is 0 Å². The first kappa shape index (κ1) is 9.05. The predicted octanol–water partition coefficient (Wildman–Crippen LogP) is 2.29. The van der Waals surface area contributed by atoms with E-state index in [0.717, 1.165) is 12.5 Å². The summed E-state index contributed by atoms with van der Waals surface area (Å²) in [5.41, 5.74) is 1.30. The summed E-state index contributed by atoms with van der Waals surface area (Å²) in [4.78, 5) is 0. The highest BCUT2D eigenvalue weighted by Gasteiger charge is 1.85. The van der Waals surface area contributed by atoms with E-state index in [1.165, 1.54) is 5.57 Å².